The molecule has 152 valence electrons. The Morgan fingerprint density at radius 1 is 1.29 bits per heavy atom. The van der Waals surface area contributed by atoms with Crippen LogP contribution < -0.4 is 5.32 Å². The first-order chi connectivity index (χ1) is 13.3. The van der Waals surface area contributed by atoms with E-state index in [1.807, 2.05) is 0 Å². The monoisotopic (exact) mass is 429 g/mol. The van der Waals surface area contributed by atoms with Crippen molar-refractivity contribution >= 4 is 38.3 Å². The zero-order valence-electron chi connectivity index (χ0n) is 15.2. The molecule has 0 aromatic carbocycles. The van der Waals surface area contributed by atoms with Crippen molar-refractivity contribution in [1.82, 2.24) is 19.4 Å². The van der Waals surface area contributed by atoms with Gasteiger partial charge in [0.25, 0.3) is 15.9 Å². The first-order valence-corrected chi connectivity index (χ1v) is 10.6. The van der Waals surface area contributed by atoms with E-state index in [1.54, 1.807) is 11.8 Å². The van der Waals surface area contributed by atoms with Crippen LogP contribution in [0.4, 0.5) is 5.13 Å². The lowest BCUT2D eigenvalue weighted by molar-refractivity contribution is -0.135. The molecule has 2 aromatic heterocycles. The summed E-state index contributed by atoms with van der Waals surface area (Å²) in [7, 11) is -2.79. The predicted octanol–water partition coefficient (Wildman–Crippen LogP) is 0.171. The number of aromatic nitrogens is 2. The van der Waals surface area contributed by atoms with Gasteiger partial charge in [-0.25, -0.2) is 8.42 Å². The van der Waals surface area contributed by atoms with E-state index < -0.39 is 21.0 Å². The Balaban J connectivity index is 1.66. The summed E-state index contributed by atoms with van der Waals surface area (Å²) in [4.78, 5) is 26.0. The first kappa shape index (κ1) is 20.4. The maximum absolute atomic E-state index is 12.6. The number of likely N-dealkylation sites (N-methyl/N-ethyl adjacent to an activating group) is 1. The van der Waals surface area contributed by atoms with Crippen LogP contribution in [0.2, 0.25) is 0 Å². The number of nitrogens with one attached hydrogen (secondary N) is 1. The predicted molar refractivity (Wildman–Crippen MR) is 98.5 cm³/mol. The molecule has 1 aliphatic rings. The third-order valence-electron chi connectivity index (χ3n) is 3.94. The molecule has 13 heteroatoms. The second-order valence-corrected chi connectivity index (χ2v) is 9.11. The number of morpholine rings is 1. The molecule has 3 heterocycles. The minimum absolute atomic E-state index is 0.195. The maximum atomic E-state index is 12.6. The molecule has 28 heavy (non-hydrogen) atoms. The topological polar surface area (TPSA) is 135 Å². The van der Waals surface area contributed by atoms with E-state index in [9.17, 15) is 18.0 Å². The Bertz CT molecular complexity index is 963. The molecule has 1 N–H and O–H groups in total. The summed E-state index contributed by atoms with van der Waals surface area (Å²) in [5, 5.41) is 10.5. The molecule has 0 spiro atoms. The summed E-state index contributed by atoms with van der Waals surface area (Å²) in [5.74, 6) is -1.17. The molecule has 2 amide bonds. The average molecular weight is 429 g/mol. The Hall–Kier alpha value is -2.35. The molecule has 0 bridgehead atoms. The van der Waals surface area contributed by atoms with E-state index in [1.165, 1.54) is 30.5 Å². The van der Waals surface area contributed by atoms with E-state index in [2.05, 4.69) is 15.5 Å². The number of sulfonamides is 1. The van der Waals surface area contributed by atoms with Crippen molar-refractivity contribution in [3.63, 3.8) is 0 Å². The fraction of sp³-hybridized carbons (Fsp3) is 0.467. The van der Waals surface area contributed by atoms with Crippen molar-refractivity contribution in [2.45, 2.75) is 12.0 Å². The maximum Gasteiger partial charge on any atom is 0.293 e. The lowest BCUT2D eigenvalue weighted by Gasteiger charge is -2.28. The third-order valence-corrected chi connectivity index (χ3v) is 6.37. The van der Waals surface area contributed by atoms with Crippen LogP contribution in [-0.2, 0) is 19.6 Å². The van der Waals surface area contributed by atoms with Crippen molar-refractivity contribution in [3.8, 4) is 0 Å². The Morgan fingerprint density at radius 2 is 2.00 bits per heavy atom. The van der Waals surface area contributed by atoms with Crippen LogP contribution in [0.5, 0.6) is 0 Å². The van der Waals surface area contributed by atoms with E-state index >= 15 is 0 Å². The second kappa shape index (κ2) is 8.34. The van der Waals surface area contributed by atoms with Gasteiger partial charge in [-0.2, -0.15) is 4.31 Å². The lowest BCUT2D eigenvalue weighted by Crippen LogP contribution is -2.46. The number of carbonyl (C=O) groups excluding carboxylic acids is 2. The minimum Gasteiger partial charge on any atom is -0.438 e. The Labute approximate surface area is 165 Å². The molecule has 1 fully saturated rings. The number of anilines is 1. The highest BCUT2D eigenvalue weighted by atomic mass is 32.2. The standard InChI is InChI=1S/C15H19N5O6S2/c1-10-17-18-15(27-10)16-14(22)11-3-4-13(26-11)28(23,24)19(2)9-12(21)20-5-7-25-8-6-20/h3-4H,5-9H2,1-2H3,(H,16,18,22). The highest BCUT2D eigenvalue weighted by molar-refractivity contribution is 7.89. The fourth-order valence-electron chi connectivity index (χ4n) is 2.43. The highest BCUT2D eigenvalue weighted by Gasteiger charge is 2.29. The molecule has 2 aromatic rings. The summed E-state index contributed by atoms with van der Waals surface area (Å²) in [5.41, 5.74) is 0. The normalized spacial score (nSPS) is 15.0. The number of carbonyl (C=O) groups is 2. The Morgan fingerprint density at radius 3 is 2.64 bits per heavy atom. The van der Waals surface area contributed by atoms with Gasteiger partial charge in [-0.05, 0) is 19.1 Å². The molecule has 3 rings (SSSR count). The van der Waals surface area contributed by atoms with Gasteiger partial charge >= 0.3 is 0 Å². The summed E-state index contributed by atoms with van der Waals surface area (Å²) in [6.45, 7) is 3.08. The van der Waals surface area contributed by atoms with Gasteiger partial charge in [0, 0.05) is 20.1 Å². The summed E-state index contributed by atoms with van der Waals surface area (Å²) < 4.78 is 36.5. The minimum atomic E-state index is -4.07. The molecule has 0 radical (unpaired) electrons. The van der Waals surface area contributed by atoms with Crippen LogP contribution >= 0.6 is 11.3 Å². The molecule has 1 aliphatic heterocycles. The van der Waals surface area contributed by atoms with E-state index in [-0.39, 0.29) is 23.3 Å². The largest absolute Gasteiger partial charge is 0.438 e. The van der Waals surface area contributed by atoms with Gasteiger partial charge in [0.2, 0.25) is 16.1 Å². The molecular weight excluding hydrogens is 410 g/mol. The van der Waals surface area contributed by atoms with Crippen molar-refractivity contribution < 1.29 is 27.2 Å². The molecule has 0 saturated carbocycles. The molecule has 0 unspecified atom stereocenters. The summed E-state index contributed by atoms with van der Waals surface area (Å²) in [6, 6.07) is 2.42. The van der Waals surface area contributed by atoms with Crippen LogP contribution in [0.3, 0.4) is 0 Å². The van der Waals surface area contributed by atoms with Crippen LogP contribution in [0.1, 0.15) is 15.6 Å². The van der Waals surface area contributed by atoms with Crippen molar-refractivity contribution in [1.29, 1.82) is 0 Å². The third kappa shape index (κ3) is 4.55. The number of ether oxygens (including phenoxy) is 1. The number of hydrogen-bond acceptors (Lipinski definition) is 9. The zero-order valence-corrected chi connectivity index (χ0v) is 16.9. The Kier molecular flexibility index (Phi) is 6.07. The smallest absolute Gasteiger partial charge is 0.293 e. The molecule has 0 aliphatic carbocycles. The van der Waals surface area contributed by atoms with Crippen LogP contribution in [-0.4, -0.2) is 79.5 Å². The first-order valence-electron chi connectivity index (χ1n) is 8.30. The van der Waals surface area contributed by atoms with Gasteiger partial charge in [-0.15, -0.1) is 10.2 Å². The van der Waals surface area contributed by atoms with Gasteiger partial charge in [0.15, 0.2) is 5.76 Å². The van der Waals surface area contributed by atoms with Gasteiger partial charge in [-0.3, -0.25) is 14.9 Å². The number of aryl methyl sites for hydroxylation is 1. The highest BCUT2D eigenvalue weighted by Crippen LogP contribution is 2.20. The molecule has 11 nitrogen and oxygen atoms in total. The van der Waals surface area contributed by atoms with E-state index in [0.29, 0.717) is 31.3 Å². The SMILES string of the molecule is Cc1nnc(NC(=O)c2ccc(S(=O)(=O)N(C)CC(=O)N3CCOCC3)o2)s1. The van der Waals surface area contributed by atoms with Gasteiger partial charge in [0.05, 0.1) is 19.8 Å². The van der Waals surface area contributed by atoms with Crippen LogP contribution in [0.15, 0.2) is 21.6 Å². The van der Waals surface area contributed by atoms with Crippen molar-refractivity contribution in [2.75, 3.05) is 45.2 Å². The van der Waals surface area contributed by atoms with Crippen LogP contribution in [0.25, 0.3) is 0 Å². The number of furan rings is 1. The average Bonchev–Trinajstić information content (AvgIpc) is 3.32. The van der Waals surface area contributed by atoms with Crippen molar-refractivity contribution in [2.24, 2.45) is 0 Å². The lowest BCUT2D eigenvalue weighted by atomic mass is 10.4. The van der Waals surface area contributed by atoms with E-state index in [4.69, 9.17) is 9.15 Å². The van der Waals surface area contributed by atoms with Crippen LogP contribution in [0, 0.1) is 6.92 Å². The van der Waals surface area contributed by atoms with Gasteiger partial charge in [0.1, 0.15) is 5.01 Å². The zero-order chi connectivity index (χ0) is 20.3. The second-order valence-electron chi connectivity index (χ2n) is 5.95. The number of hydrogen-bond donors (Lipinski definition) is 1. The fourth-order valence-corrected chi connectivity index (χ4v) is 4.04. The van der Waals surface area contributed by atoms with Gasteiger partial charge in [-0.1, -0.05) is 11.3 Å². The summed E-state index contributed by atoms with van der Waals surface area (Å²) >= 11 is 1.17. The molecule has 1 saturated heterocycles. The number of amides is 2. The summed E-state index contributed by atoms with van der Waals surface area (Å²) in [6.07, 6.45) is 0. The number of rotatable bonds is 6. The number of nitrogens with zero attached hydrogens (tertiary/aromatic N) is 4. The van der Waals surface area contributed by atoms with Gasteiger partial charge < -0.3 is 14.1 Å². The quantitative estimate of drug-likeness (QED) is 0.687. The van der Waals surface area contributed by atoms with E-state index in [0.717, 1.165) is 4.31 Å². The van der Waals surface area contributed by atoms with Crippen molar-refractivity contribution in [3.05, 3.63) is 22.9 Å². The molecular formula is C15H19N5O6S2. The molecule has 0 atom stereocenters.